The molecule has 5 N–H and O–H groups in total. The highest BCUT2D eigenvalue weighted by Crippen LogP contribution is 2.45. The van der Waals surface area contributed by atoms with Gasteiger partial charge >= 0.3 is 6.18 Å². The van der Waals surface area contributed by atoms with Crippen molar-refractivity contribution in [1.82, 2.24) is 19.9 Å². The van der Waals surface area contributed by atoms with Gasteiger partial charge in [-0.3, -0.25) is 5.10 Å². The molecule has 12 heteroatoms. The summed E-state index contributed by atoms with van der Waals surface area (Å²) in [6.45, 7) is 1.70. The van der Waals surface area contributed by atoms with Crippen LogP contribution in [0.15, 0.2) is 35.2 Å². The van der Waals surface area contributed by atoms with E-state index in [1.807, 2.05) is 0 Å². The Labute approximate surface area is 169 Å². The maximum Gasteiger partial charge on any atom is 0.417 e. The van der Waals surface area contributed by atoms with Crippen LogP contribution in [0, 0.1) is 6.92 Å². The van der Waals surface area contributed by atoms with Crippen molar-refractivity contribution in [3.05, 3.63) is 35.9 Å². The number of nitrogens with one attached hydrogen (secondary N) is 2. The number of nitrogens with two attached hydrogens (primary N) is 1. The lowest BCUT2D eigenvalue weighted by Gasteiger charge is -2.44. The van der Waals surface area contributed by atoms with Crippen LogP contribution < -0.4 is 10.5 Å². The van der Waals surface area contributed by atoms with Gasteiger partial charge in [0.1, 0.15) is 5.52 Å². The Hall–Kier alpha value is -2.70. The van der Waals surface area contributed by atoms with Crippen LogP contribution in [0.1, 0.15) is 18.4 Å². The summed E-state index contributed by atoms with van der Waals surface area (Å²) in [4.78, 5) is 4.36. The third kappa shape index (κ3) is 3.40. The number of anilines is 1. The number of aliphatic hydroxyl groups is 1. The Balaban J connectivity index is 1.56. The van der Waals surface area contributed by atoms with Crippen molar-refractivity contribution in [1.29, 1.82) is 0 Å². The van der Waals surface area contributed by atoms with Crippen molar-refractivity contribution in [3.63, 3.8) is 0 Å². The molecular formula is C18H18F3N5O3S. The number of hydrogen-bond acceptors (Lipinski definition) is 6. The highest BCUT2D eigenvalue weighted by Gasteiger charge is 2.61. The molecule has 0 spiro atoms. The van der Waals surface area contributed by atoms with E-state index in [1.54, 1.807) is 25.1 Å². The van der Waals surface area contributed by atoms with Gasteiger partial charge in [-0.15, -0.1) is 0 Å². The predicted octanol–water partition coefficient (Wildman–Crippen LogP) is 2.25. The van der Waals surface area contributed by atoms with Crippen LogP contribution in [0.5, 0.6) is 0 Å². The molecule has 0 radical (unpaired) electrons. The van der Waals surface area contributed by atoms with Gasteiger partial charge in [0.25, 0.3) is 0 Å². The summed E-state index contributed by atoms with van der Waals surface area (Å²) in [6.07, 6.45) is -6.23. The number of fused-ring (bicyclic) bond motifs is 1. The second-order valence-electron chi connectivity index (χ2n) is 7.43. The number of pyridine rings is 1. The van der Waals surface area contributed by atoms with E-state index in [4.69, 9.17) is 5.73 Å². The third-order valence-corrected chi connectivity index (χ3v) is 6.75. The zero-order valence-electron chi connectivity index (χ0n) is 15.7. The summed E-state index contributed by atoms with van der Waals surface area (Å²) in [5, 5.41) is 16.1. The quantitative estimate of drug-likeness (QED) is 0.491. The SMILES string of the molecule is Cc1cc(S(=O)(=O)NC2CC(O)(C(F)(F)F)C2)ccc1-c1ccc2[nH]nc(N)c2n1. The minimum atomic E-state index is -4.79. The van der Waals surface area contributed by atoms with Gasteiger partial charge in [-0.25, -0.2) is 18.1 Å². The lowest BCUT2D eigenvalue weighted by molar-refractivity contribution is -0.290. The lowest BCUT2D eigenvalue weighted by atomic mass is 9.76. The second kappa shape index (κ2) is 6.65. The Kier molecular flexibility index (Phi) is 4.56. The fraction of sp³-hybridized carbons (Fsp3) is 0.333. The number of sulfonamides is 1. The Morgan fingerprint density at radius 3 is 2.60 bits per heavy atom. The van der Waals surface area contributed by atoms with Gasteiger partial charge in [0.05, 0.1) is 16.1 Å². The topological polar surface area (TPSA) is 134 Å². The van der Waals surface area contributed by atoms with Crippen molar-refractivity contribution >= 4 is 26.9 Å². The van der Waals surface area contributed by atoms with E-state index in [0.29, 0.717) is 27.9 Å². The first-order valence-corrected chi connectivity index (χ1v) is 10.4. The molecule has 2 aromatic heterocycles. The summed E-state index contributed by atoms with van der Waals surface area (Å²) in [5.74, 6) is 0.243. The smallest absolute Gasteiger partial charge is 0.380 e. The zero-order valence-corrected chi connectivity index (χ0v) is 16.5. The fourth-order valence-electron chi connectivity index (χ4n) is 3.52. The first-order chi connectivity index (χ1) is 13.9. The summed E-state index contributed by atoms with van der Waals surface area (Å²) in [6, 6.07) is 6.84. The summed E-state index contributed by atoms with van der Waals surface area (Å²) < 4.78 is 65.5. The number of alkyl halides is 3. The molecule has 0 amide bonds. The van der Waals surface area contributed by atoms with Crippen LogP contribution in [-0.4, -0.2) is 46.5 Å². The fourth-order valence-corrected chi connectivity index (χ4v) is 4.84. The lowest BCUT2D eigenvalue weighted by Crippen LogP contribution is -2.62. The van der Waals surface area contributed by atoms with Gasteiger partial charge in [-0.2, -0.15) is 18.3 Å². The minimum Gasteiger partial charge on any atom is -0.380 e. The molecule has 0 atom stereocenters. The van der Waals surface area contributed by atoms with Crippen LogP contribution in [0.3, 0.4) is 0 Å². The molecule has 0 aliphatic heterocycles. The zero-order chi connectivity index (χ0) is 21.9. The number of hydrogen-bond donors (Lipinski definition) is 4. The molecule has 160 valence electrons. The number of nitrogens with zero attached hydrogens (tertiary/aromatic N) is 2. The molecule has 2 heterocycles. The first-order valence-electron chi connectivity index (χ1n) is 8.93. The third-order valence-electron chi connectivity index (χ3n) is 5.24. The van der Waals surface area contributed by atoms with E-state index in [0.717, 1.165) is 0 Å². The van der Waals surface area contributed by atoms with E-state index in [2.05, 4.69) is 19.9 Å². The van der Waals surface area contributed by atoms with Crippen molar-refractivity contribution < 1.29 is 26.7 Å². The van der Waals surface area contributed by atoms with Crippen LogP contribution in [0.4, 0.5) is 19.0 Å². The summed E-state index contributed by atoms with van der Waals surface area (Å²) in [7, 11) is -4.05. The van der Waals surface area contributed by atoms with E-state index >= 15 is 0 Å². The second-order valence-corrected chi connectivity index (χ2v) is 9.15. The molecule has 1 aliphatic rings. The van der Waals surface area contributed by atoms with Gasteiger partial charge in [-0.1, -0.05) is 6.07 Å². The number of aromatic nitrogens is 3. The van der Waals surface area contributed by atoms with Gasteiger partial charge in [0, 0.05) is 24.4 Å². The minimum absolute atomic E-state index is 0.0879. The molecular weight excluding hydrogens is 423 g/mol. The maximum absolute atomic E-state index is 12.7. The van der Waals surface area contributed by atoms with Gasteiger partial charge in [-0.05, 0) is 36.8 Å². The van der Waals surface area contributed by atoms with Crippen LogP contribution in [0.25, 0.3) is 22.3 Å². The molecule has 1 aliphatic carbocycles. The predicted molar refractivity (Wildman–Crippen MR) is 103 cm³/mol. The Morgan fingerprint density at radius 2 is 1.97 bits per heavy atom. The molecule has 8 nitrogen and oxygen atoms in total. The average Bonchev–Trinajstić information content (AvgIpc) is 2.99. The summed E-state index contributed by atoms with van der Waals surface area (Å²) >= 11 is 0. The van der Waals surface area contributed by atoms with E-state index in [-0.39, 0.29) is 10.7 Å². The Morgan fingerprint density at radius 1 is 1.27 bits per heavy atom. The van der Waals surface area contributed by atoms with Gasteiger partial charge in [0.15, 0.2) is 11.4 Å². The molecule has 1 fully saturated rings. The standard InChI is InChI=1S/C18H18F3N5O3S/c1-9-6-11(30(28,29)26-10-7-17(27,8-10)18(19,20)21)2-3-12(9)13-4-5-14-15(23-13)16(22)25-24-14/h2-6,10,26-27H,7-8H2,1H3,(H3,22,24,25). The van der Waals surface area contributed by atoms with E-state index in [1.165, 1.54) is 12.1 Å². The van der Waals surface area contributed by atoms with Crippen LogP contribution >= 0.6 is 0 Å². The number of aryl methyl sites for hydroxylation is 1. The normalized spacial score (nSPS) is 22.2. The molecule has 0 saturated heterocycles. The molecule has 1 saturated carbocycles. The highest BCUT2D eigenvalue weighted by atomic mass is 32.2. The maximum atomic E-state index is 12.7. The van der Waals surface area contributed by atoms with E-state index < -0.39 is 40.7 Å². The van der Waals surface area contributed by atoms with Gasteiger partial charge < -0.3 is 10.8 Å². The van der Waals surface area contributed by atoms with E-state index in [9.17, 15) is 26.7 Å². The van der Waals surface area contributed by atoms with Crippen molar-refractivity contribution in [2.45, 2.75) is 42.5 Å². The number of rotatable bonds is 4. The number of aromatic amines is 1. The first kappa shape index (κ1) is 20.6. The largest absolute Gasteiger partial charge is 0.417 e. The molecule has 4 rings (SSSR count). The molecule has 0 bridgehead atoms. The number of benzene rings is 1. The Bertz CT molecular complexity index is 1230. The molecule has 0 unspecified atom stereocenters. The molecule has 1 aromatic carbocycles. The monoisotopic (exact) mass is 441 g/mol. The molecule has 30 heavy (non-hydrogen) atoms. The highest BCUT2D eigenvalue weighted by molar-refractivity contribution is 7.89. The van der Waals surface area contributed by atoms with Crippen molar-refractivity contribution in [3.8, 4) is 11.3 Å². The van der Waals surface area contributed by atoms with Crippen molar-refractivity contribution in [2.75, 3.05) is 5.73 Å². The summed E-state index contributed by atoms with van der Waals surface area (Å²) in [5.41, 5.74) is 5.93. The number of H-pyrrole nitrogens is 1. The van der Waals surface area contributed by atoms with Gasteiger partial charge in [0.2, 0.25) is 10.0 Å². The number of halogens is 3. The average molecular weight is 441 g/mol. The van der Waals surface area contributed by atoms with Crippen LogP contribution in [0.2, 0.25) is 0 Å². The molecule has 3 aromatic rings. The number of nitrogen functional groups attached to an aromatic ring is 1. The van der Waals surface area contributed by atoms with Crippen LogP contribution in [-0.2, 0) is 10.0 Å². The van der Waals surface area contributed by atoms with Crippen molar-refractivity contribution in [2.24, 2.45) is 0 Å².